The van der Waals surface area contributed by atoms with Crippen LogP contribution in [0.2, 0.25) is 0 Å². The predicted octanol–water partition coefficient (Wildman–Crippen LogP) is -0.253. The van der Waals surface area contributed by atoms with Crippen molar-refractivity contribution in [2.45, 2.75) is 6.48 Å². The topological polar surface area (TPSA) is 38.4 Å². The summed E-state index contributed by atoms with van der Waals surface area (Å²) >= 11 is 0. The Morgan fingerprint density at radius 3 is 2.00 bits per heavy atom. The summed E-state index contributed by atoms with van der Waals surface area (Å²) in [7, 11) is 0. The van der Waals surface area contributed by atoms with Crippen LogP contribution in [0.3, 0.4) is 0 Å². The van der Waals surface area contributed by atoms with E-state index in [1.807, 2.05) is 0 Å². The Morgan fingerprint density at radius 1 is 1.33 bits per heavy atom. The van der Waals surface area contributed by atoms with Gasteiger partial charge in [-0.05, 0) is 0 Å². The second kappa shape index (κ2) is 1.55. The van der Waals surface area contributed by atoms with E-state index in [0.717, 1.165) is 0 Å². The van der Waals surface area contributed by atoms with Gasteiger partial charge in [-0.3, -0.25) is 0 Å². The molecular weight excluding hydrogens is 84.0 g/mol. The molecule has 0 bridgehead atoms. The number of hydrogen-bond donors (Lipinski definition) is 0. The van der Waals surface area contributed by atoms with Crippen LogP contribution in [0.15, 0.2) is 0 Å². The molecule has 0 aromatic heterocycles. The third-order valence-electron chi connectivity index (χ3n) is 0.591. The molecule has 0 aliphatic carbocycles. The largest absolute Gasteiger partial charge is 0.326 e. The molecular formula is C3H5O3. The fraction of sp³-hybridized carbons (Fsp3) is 1.00. The molecule has 1 fully saturated rings. The summed E-state index contributed by atoms with van der Waals surface area (Å²) in [6, 6.07) is 0. The molecule has 0 saturated carbocycles. The van der Waals surface area contributed by atoms with Crippen molar-refractivity contribution in [1.29, 1.82) is 0 Å². The van der Waals surface area contributed by atoms with Gasteiger partial charge in [-0.25, -0.2) is 0 Å². The van der Waals surface area contributed by atoms with E-state index in [0.29, 0.717) is 13.2 Å². The molecule has 1 aliphatic rings. The summed E-state index contributed by atoms with van der Waals surface area (Å²) in [5, 5.41) is 9.88. The Kier molecular flexibility index (Phi) is 1.05. The maximum atomic E-state index is 9.88. The van der Waals surface area contributed by atoms with Crippen LogP contribution in [0.25, 0.3) is 0 Å². The minimum absolute atomic E-state index is 0.453. The van der Waals surface area contributed by atoms with Crippen molar-refractivity contribution < 1.29 is 14.6 Å². The molecule has 0 aromatic carbocycles. The van der Waals surface area contributed by atoms with Gasteiger partial charge in [0, 0.05) is 0 Å². The number of hydrogen-bond acceptors (Lipinski definition) is 2. The molecule has 1 aliphatic heterocycles. The van der Waals surface area contributed by atoms with Gasteiger partial charge in [0.05, 0.1) is 13.2 Å². The minimum atomic E-state index is -1.20. The second-order valence-corrected chi connectivity index (χ2v) is 1.03. The molecule has 3 heteroatoms. The zero-order valence-electron chi connectivity index (χ0n) is 3.22. The average molecular weight is 89.1 g/mol. The Morgan fingerprint density at radius 2 is 1.83 bits per heavy atom. The fourth-order valence-electron chi connectivity index (χ4n) is 0.337. The van der Waals surface area contributed by atoms with Crippen LogP contribution in [-0.4, -0.2) is 19.7 Å². The minimum Gasteiger partial charge on any atom is -0.326 e. The second-order valence-electron chi connectivity index (χ2n) is 1.03. The van der Waals surface area contributed by atoms with Gasteiger partial charge in [0.25, 0.3) is 0 Å². The van der Waals surface area contributed by atoms with E-state index in [-0.39, 0.29) is 0 Å². The molecule has 0 spiro atoms. The zero-order valence-corrected chi connectivity index (χ0v) is 3.22. The maximum absolute atomic E-state index is 9.88. The first-order chi connectivity index (χ1) is 2.89. The highest BCUT2D eigenvalue weighted by molar-refractivity contribution is 4.33. The first-order valence-corrected chi connectivity index (χ1v) is 1.78. The van der Waals surface area contributed by atoms with Crippen molar-refractivity contribution in [2.24, 2.45) is 0 Å². The molecule has 35 valence electrons. The van der Waals surface area contributed by atoms with Crippen LogP contribution >= 0.6 is 0 Å². The summed E-state index contributed by atoms with van der Waals surface area (Å²) in [4.78, 5) is 0. The van der Waals surface area contributed by atoms with Gasteiger partial charge >= 0.3 is 6.48 Å². The van der Waals surface area contributed by atoms with E-state index >= 15 is 0 Å². The lowest BCUT2D eigenvalue weighted by atomic mass is 10.8. The molecule has 3 nitrogen and oxygen atoms in total. The van der Waals surface area contributed by atoms with Crippen LogP contribution in [0, 0.1) is 0 Å². The van der Waals surface area contributed by atoms with Crippen LogP contribution in [-0.2, 0) is 14.6 Å². The van der Waals surface area contributed by atoms with Crippen molar-refractivity contribution in [3.05, 3.63) is 0 Å². The third kappa shape index (κ3) is 0.680. The summed E-state index contributed by atoms with van der Waals surface area (Å²) < 4.78 is 8.75. The predicted molar refractivity (Wildman–Crippen MR) is 16.4 cm³/mol. The van der Waals surface area contributed by atoms with E-state index in [4.69, 9.17) is 0 Å². The Labute approximate surface area is 35.5 Å². The van der Waals surface area contributed by atoms with E-state index < -0.39 is 6.48 Å². The normalized spacial score (nSPS) is 25.5. The third-order valence-corrected chi connectivity index (χ3v) is 0.591. The lowest BCUT2D eigenvalue weighted by molar-refractivity contribution is -0.231. The quantitative estimate of drug-likeness (QED) is 0.410. The standard InChI is InChI=1S/C3H5O3/c4-3-5-1-2-6-3/h3H,1-2H2. The lowest BCUT2D eigenvalue weighted by Crippen LogP contribution is -2.00. The summed E-state index contributed by atoms with van der Waals surface area (Å²) in [6.07, 6.45) is 0. The average Bonchev–Trinajstić information content (AvgIpc) is 1.86. The Hall–Kier alpha value is -0.120. The molecule has 1 radical (unpaired) electrons. The highest BCUT2D eigenvalue weighted by Gasteiger charge is 2.11. The van der Waals surface area contributed by atoms with Gasteiger partial charge in [0.2, 0.25) is 0 Å². The summed E-state index contributed by atoms with van der Waals surface area (Å²) in [6.45, 7) is -0.299. The summed E-state index contributed by atoms with van der Waals surface area (Å²) in [5.41, 5.74) is 0. The van der Waals surface area contributed by atoms with Crippen molar-refractivity contribution in [3.63, 3.8) is 0 Å². The molecule has 1 rings (SSSR count). The van der Waals surface area contributed by atoms with Crippen LogP contribution in [0.1, 0.15) is 0 Å². The molecule has 0 aromatic rings. The van der Waals surface area contributed by atoms with Crippen LogP contribution in [0.5, 0.6) is 0 Å². The van der Waals surface area contributed by atoms with Crippen LogP contribution < -0.4 is 0 Å². The Balaban J connectivity index is 2.18. The van der Waals surface area contributed by atoms with E-state index in [9.17, 15) is 5.11 Å². The van der Waals surface area contributed by atoms with Crippen molar-refractivity contribution in [2.75, 3.05) is 13.2 Å². The monoisotopic (exact) mass is 89.0 g/mol. The summed E-state index contributed by atoms with van der Waals surface area (Å²) in [5.74, 6) is 0. The van der Waals surface area contributed by atoms with Crippen LogP contribution in [0.4, 0.5) is 0 Å². The van der Waals surface area contributed by atoms with Gasteiger partial charge in [-0.15, -0.1) is 0 Å². The molecule has 6 heavy (non-hydrogen) atoms. The van der Waals surface area contributed by atoms with E-state index in [1.54, 1.807) is 0 Å². The lowest BCUT2D eigenvalue weighted by Gasteiger charge is -1.90. The van der Waals surface area contributed by atoms with Crippen molar-refractivity contribution >= 4 is 0 Å². The molecule has 1 heterocycles. The first-order valence-electron chi connectivity index (χ1n) is 1.78. The SMILES string of the molecule is [O]C1OCCO1. The molecule has 0 unspecified atom stereocenters. The smallest absolute Gasteiger partial charge is 0.301 e. The van der Waals surface area contributed by atoms with Crippen molar-refractivity contribution in [1.82, 2.24) is 0 Å². The van der Waals surface area contributed by atoms with Gasteiger partial charge in [-0.1, -0.05) is 0 Å². The highest BCUT2D eigenvalue weighted by atomic mass is 16.8. The fourth-order valence-corrected chi connectivity index (χ4v) is 0.337. The van der Waals surface area contributed by atoms with E-state index in [1.165, 1.54) is 0 Å². The first kappa shape index (κ1) is 4.05. The van der Waals surface area contributed by atoms with Gasteiger partial charge < -0.3 is 9.47 Å². The molecule has 0 atom stereocenters. The van der Waals surface area contributed by atoms with Gasteiger partial charge in [0.15, 0.2) is 0 Å². The Bertz CT molecular complexity index is 39.3. The maximum Gasteiger partial charge on any atom is 0.301 e. The van der Waals surface area contributed by atoms with Crippen molar-refractivity contribution in [3.8, 4) is 0 Å². The van der Waals surface area contributed by atoms with Gasteiger partial charge in [-0.2, -0.15) is 5.11 Å². The molecule has 0 N–H and O–H groups in total. The molecule has 0 amide bonds. The zero-order chi connectivity index (χ0) is 4.41. The van der Waals surface area contributed by atoms with E-state index in [2.05, 4.69) is 9.47 Å². The highest BCUT2D eigenvalue weighted by Crippen LogP contribution is 1.97. The molecule has 1 saturated heterocycles. The number of rotatable bonds is 0. The van der Waals surface area contributed by atoms with Gasteiger partial charge in [0.1, 0.15) is 0 Å². The number of ether oxygens (including phenoxy) is 2.